The second-order valence-corrected chi connectivity index (χ2v) is 9.25. The average molecular weight is 541 g/mol. The Morgan fingerprint density at radius 1 is 1.03 bits per heavy atom. The zero-order chi connectivity index (χ0) is 25.8. The molecule has 0 radical (unpaired) electrons. The maximum Gasteiger partial charge on any atom is 0.416 e. The summed E-state index contributed by atoms with van der Waals surface area (Å²) in [6.07, 6.45) is -3.68. The van der Waals surface area contributed by atoms with Crippen molar-refractivity contribution in [1.29, 1.82) is 5.26 Å². The topological polar surface area (TPSA) is 96.3 Å². The standard InChI is InChI=1S/C23H13Cl2F3N2O4S/c24-17-10-14(21(20(25)12-17)34-35(32,33)19-7-2-1-3-8-19)9-15(13-29)22(31)30-18-6-4-5-16(11-18)23(26,27)28/h1-12H,(H,30,31)/b15-9+. The summed E-state index contributed by atoms with van der Waals surface area (Å²) in [6, 6.07) is 15.0. The zero-order valence-corrected chi connectivity index (χ0v) is 19.6. The van der Waals surface area contributed by atoms with Crippen LogP contribution in [0.3, 0.4) is 0 Å². The molecule has 3 aromatic carbocycles. The number of hydrogen-bond donors (Lipinski definition) is 1. The fourth-order valence-electron chi connectivity index (χ4n) is 2.80. The lowest BCUT2D eigenvalue weighted by atomic mass is 10.1. The van der Waals surface area contributed by atoms with E-state index in [1.54, 1.807) is 12.1 Å². The first-order valence-corrected chi connectivity index (χ1v) is 11.7. The SMILES string of the molecule is N#C/C(=C\c1cc(Cl)cc(Cl)c1OS(=O)(=O)c1ccccc1)C(=O)Nc1cccc(C(F)(F)F)c1. The second kappa shape index (κ2) is 10.4. The van der Waals surface area contributed by atoms with Gasteiger partial charge in [0.25, 0.3) is 5.91 Å². The van der Waals surface area contributed by atoms with E-state index in [4.69, 9.17) is 27.4 Å². The summed E-state index contributed by atoms with van der Waals surface area (Å²) in [5.74, 6) is -1.46. The second-order valence-electron chi connectivity index (χ2n) is 6.86. The van der Waals surface area contributed by atoms with Crippen molar-refractivity contribution >= 4 is 51.0 Å². The highest BCUT2D eigenvalue weighted by Gasteiger charge is 2.30. The number of anilines is 1. The fraction of sp³-hybridized carbons (Fsp3) is 0.0435. The van der Waals surface area contributed by atoms with Gasteiger partial charge in [0.2, 0.25) is 0 Å². The molecule has 35 heavy (non-hydrogen) atoms. The van der Waals surface area contributed by atoms with Gasteiger partial charge in [-0.05, 0) is 48.5 Å². The van der Waals surface area contributed by atoms with E-state index < -0.39 is 39.1 Å². The molecule has 0 unspecified atom stereocenters. The first-order valence-electron chi connectivity index (χ1n) is 9.49. The molecule has 0 saturated heterocycles. The normalized spacial score (nSPS) is 12.1. The minimum atomic E-state index is -4.64. The molecule has 0 atom stereocenters. The van der Waals surface area contributed by atoms with Crippen molar-refractivity contribution in [3.63, 3.8) is 0 Å². The summed E-state index contributed by atoms with van der Waals surface area (Å²) in [5.41, 5.74) is -1.92. The summed E-state index contributed by atoms with van der Waals surface area (Å²) >= 11 is 12.1. The van der Waals surface area contributed by atoms with Crippen molar-refractivity contribution in [3.8, 4) is 11.8 Å². The molecule has 0 spiro atoms. The predicted octanol–water partition coefficient (Wildman–Crippen LogP) is 6.33. The molecule has 0 heterocycles. The number of nitriles is 1. The zero-order valence-electron chi connectivity index (χ0n) is 17.3. The van der Waals surface area contributed by atoms with Gasteiger partial charge in [0, 0.05) is 16.3 Å². The maximum atomic E-state index is 12.9. The van der Waals surface area contributed by atoms with Crippen LogP contribution in [0, 0.1) is 11.3 Å². The molecule has 6 nitrogen and oxygen atoms in total. The van der Waals surface area contributed by atoms with E-state index in [1.807, 2.05) is 0 Å². The number of carbonyl (C=O) groups is 1. The van der Waals surface area contributed by atoms with Crippen molar-refractivity contribution in [2.24, 2.45) is 0 Å². The number of nitrogens with one attached hydrogen (secondary N) is 1. The van der Waals surface area contributed by atoms with E-state index in [0.29, 0.717) is 6.07 Å². The first kappa shape index (κ1) is 26.1. The predicted molar refractivity (Wildman–Crippen MR) is 124 cm³/mol. The van der Waals surface area contributed by atoms with Gasteiger partial charge in [-0.1, -0.05) is 47.5 Å². The molecule has 0 aliphatic rings. The van der Waals surface area contributed by atoms with Crippen LogP contribution in [0.2, 0.25) is 10.0 Å². The van der Waals surface area contributed by atoms with Crippen molar-refractivity contribution in [3.05, 3.63) is 93.5 Å². The molecule has 0 bridgehead atoms. The van der Waals surface area contributed by atoms with Gasteiger partial charge in [0.05, 0.1) is 10.6 Å². The van der Waals surface area contributed by atoms with Gasteiger partial charge in [0.1, 0.15) is 16.5 Å². The molecule has 1 amide bonds. The number of alkyl halides is 3. The molecule has 0 aromatic heterocycles. The van der Waals surface area contributed by atoms with Crippen LogP contribution in [-0.4, -0.2) is 14.3 Å². The molecule has 1 N–H and O–H groups in total. The highest BCUT2D eigenvalue weighted by Crippen LogP contribution is 2.36. The van der Waals surface area contributed by atoms with Gasteiger partial charge in [-0.3, -0.25) is 4.79 Å². The Balaban J connectivity index is 1.98. The van der Waals surface area contributed by atoms with E-state index in [0.717, 1.165) is 18.2 Å². The highest BCUT2D eigenvalue weighted by molar-refractivity contribution is 7.87. The Morgan fingerprint density at radius 3 is 2.34 bits per heavy atom. The van der Waals surface area contributed by atoms with E-state index in [9.17, 15) is 31.6 Å². The van der Waals surface area contributed by atoms with Crippen LogP contribution in [-0.2, 0) is 21.1 Å². The summed E-state index contributed by atoms with van der Waals surface area (Å²) in [6.45, 7) is 0. The van der Waals surface area contributed by atoms with E-state index >= 15 is 0 Å². The number of amides is 1. The van der Waals surface area contributed by atoms with Gasteiger partial charge in [-0.2, -0.15) is 26.9 Å². The van der Waals surface area contributed by atoms with Crippen LogP contribution in [0.1, 0.15) is 11.1 Å². The minimum Gasteiger partial charge on any atom is -0.377 e. The lowest BCUT2D eigenvalue weighted by Gasteiger charge is -2.13. The number of hydrogen-bond acceptors (Lipinski definition) is 5. The smallest absolute Gasteiger partial charge is 0.377 e. The van der Waals surface area contributed by atoms with Crippen LogP contribution >= 0.6 is 23.2 Å². The van der Waals surface area contributed by atoms with E-state index in [1.165, 1.54) is 42.5 Å². The number of halogens is 5. The van der Waals surface area contributed by atoms with Crippen LogP contribution in [0.5, 0.6) is 5.75 Å². The third kappa shape index (κ3) is 6.54. The Kier molecular flexibility index (Phi) is 7.75. The third-order valence-electron chi connectivity index (χ3n) is 4.37. The van der Waals surface area contributed by atoms with Gasteiger partial charge in [-0.25, -0.2) is 0 Å². The van der Waals surface area contributed by atoms with Crippen molar-refractivity contribution in [2.75, 3.05) is 5.32 Å². The van der Waals surface area contributed by atoms with Crippen LogP contribution in [0.15, 0.2) is 77.2 Å². The van der Waals surface area contributed by atoms with Gasteiger partial charge in [0.15, 0.2) is 5.75 Å². The maximum absolute atomic E-state index is 12.9. The molecule has 0 aliphatic carbocycles. The Bertz CT molecular complexity index is 1450. The number of nitrogens with zero attached hydrogens (tertiary/aromatic N) is 1. The van der Waals surface area contributed by atoms with Gasteiger partial charge < -0.3 is 9.50 Å². The number of rotatable bonds is 6. The molecule has 3 rings (SSSR count). The molecule has 0 fully saturated rings. The lowest BCUT2D eigenvalue weighted by Crippen LogP contribution is -2.15. The van der Waals surface area contributed by atoms with Gasteiger partial charge >= 0.3 is 16.3 Å². The van der Waals surface area contributed by atoms with Gasteiger partial charge in [-0.15, -0.1) is 0 Å². The molecule has 3 aromatic rings. The number of benzene rings is 3. The van der Waals surface area contributed by atoms with Crippen molar-refractivity contribution in [2.45, 2.75) is 11.1 Å². The van der Waals surface area contributed by atoms with E-state index in [2.05, 4.69) is 5.32 Å². The Hall–Kier alpha value is -3.52. The molecule has 180 valence electrons. The van der Waals surface area contributed by atoms with Crippen LogP contribution in [0.4, 0.5) is 18.9 Å². The van der Waals surface area contributed by atoms with Crippen LogP contribution < -0.4 is 9.50 Å². The molecule has 0 aliphatic heterocycles. The van der Waals surface area contributed by atoms with Crippen molar-refractivity contribution < 1.29 is 30.6 Å². The summed E-state index contributed by atoms with van der Waals surface area (Å²) in [5, 5.41) is 11.5. The van der Waals surface area contributed by atoms with Crippen LogP contribution in [0.25, 0.3) is 6.08 Å². The molecular formula is C23H13Cl2F3N2O4S. The Morgan fingerprint density at radius 2 is 1.71 bits per heavy atom. The first-order chi connectivity index (χ1) is 16.4. The largest absolute Gasteiger partial charge is 0.416 e. The summed E-state index contributed by atoms with van der Waals surface area (Å²) < 4.78 is 69.3. The average Bonchev–Trinajstić information content (AvgIpc) is 2.79. The minimum absolute atomic E-state index is 0.0429. The number of carbonyl (C=O) groups excluding carboxylic acids is 1. The van der Waals surface area contributed by atoms with Crippen molar-refractivity contribution in [1.82, 2.24) is 0 Å². The summed E-state index contributed by atoms with van der Waals surface area (Å²) in [4.78, 5) is 12.4. The molecular weight excluding hydrogens is 528 g/mol. The third-order valence-corrected chi connectivity index (χ3v) is 6.11. The summed E-state index contributed by atoms with van der Waals surface area (Å²) in [7, 11) is -4.35. The van der Waals surface area contributed by atoms with E-state index in [-0.39, 0.29) is 26.2 Å². The quantitative estimate of drug-likeness (QED) is 0.224. The highest BCUT2D eigenvalue weighted by atomic mass is 35.5. The molecule has 0 saturated carbocycles. The monoisotopic (exact) mass is 540 g/mol. The lowest BCUT2D eigenvalue weighted by molar-refractivity contribution is -0.137. The molecule has 12 heteroatoms. The Labute approximate surface area is 208 Å². The fourth-order valence-corrected chi connectivity index (χ4v) is 4.38.